The summed E-state index contributed by atoms with van der Waals surface area (Å²) in [5.74, 6) is -3.55. The highest BCUT2D eigenvalue weighted by molar-refractivity contribution is 5.85. The van der Waals surface area contributed by atoms with Crippen LogP contribution in [0.3, 0.4) is 0 Å². The molecule has 0 spiro atoms. The maximum atomic E-state index is 14.1. The standard InChI is InChI=1S/C17H16F5N3O2/c1-9-7-24(15(26)16(2,27)17(20,21)22)8-10-6-23-25(14(9)10)13-4-3-11(18)5-12(13)19/h3-6,9,27H,7-8H2,1-2H3/t9-,16?/m0/s1. The highest BCUT2D eigenvalue weighted by Crippen LogP contribution is 2.36. The Bertz CT molecular complexity index is 891. The van der Waals surface area contributed by atoms with Gasteiger partial charge in [0.25, 0.3) is 5.91 Å². The Hall–Kier alpha value is -2.49. The topological polar surface area (TPSA) is 58.4 Å². The van der Waals surface area contributed by atoms with Crippen molar-refractivity contribution in [2.75, 3.05) is 6.54 Å². The van der Waals surface area contributed by atoms with Crippen LogP contribution in [0.2, 0.25) is 0 Å². The number of hydrogen-bond acceptors (Lipinski definition) is 3. The number of aromatic nitrogens is 2. The van der Waals surface area contributed by atoms with Crippen molar-refractivity contribution in [1.29, 1.82) is 0 Å². The zero-order valence-corrected chi connectivity index (χ0v) is 14.4. The summed E-state index contributed by atoms with van der Waals surface area (Å²) in [4.78, 5) is 13.1. The molecule has 2 heterocycles. The molecule has 1 aromatic carbocycles. The van der Waals surface area contributed by atoms with Crippen LogP contribution in [0.1, 0.15) is 31.0 Å². The van der Waals surface area contributed by atoms with Crippen LogP contribution < -0.4 is 0 Å². The van der Waals surface area contributed by atoms with E-state index in [2.05, 4.69) is 5.10 Å². The third kappa shape index (κ3) is 3.18. The van der Waals surface area contributed by atoms with E-state index in [0.29, 0.717) is 24.2 Å². The largest absolute Gasteiger partial charge is 0.426 e. The Balaban J connectivity index is 1.95. The maximum Gasteiger partial charge on any atom is 0.426 e. The minimum atomic E-state index is -5.12. The minimum absolute atomic E-state index is 0.00781. The molecule has 27 heavy (non-hydrogen) atoms. The van der Waals surface area contributed by atoms with Crippen molar-refractivity contribution in [1.82, 2.24) is 14.7 Å². The lowest BCUT2D eigenvalue weighted by Crippen LogP contribution is -2.57. The lowest BCUT2D eigenvalue weighted by atomic mass is 9.95. The molecule has 1 amide bonds. The van der Waals surface area contributed by atoms with E-state index in [4.69, 9.17) is 0 Å². The van der Waals surface area contributed by atoms with Crippen molar-refractivity contribution in [3.8, 4) is 5.69 Å². The van der Waals surface area contributed by atoms with Gasteiger partial charge in [0.05, 0.1) is 11.9 Å². The van der Waals surface area contributed by atoms with Gasteiger partial charge in [-0.25, -0.2) is 13.5 Å². The van der Waals surface area contributed by atoms with Gasteiger partial charge in [-0.1, -0.05) is 6.92 Å². The van der Waals surface area contributed by atoms with Gasteiger partial charge >= 0.3 is 6.18 Å². The number of halogens is 5. The van der Waals surface area contributed by atoms with E-state index in [-0.39, 0.29) is 18.8 Å². The molecule has 2 atom stereocenters. The van der Waals surface area contributed by atoms with E-state index in [1.165, 1.54) is 16.9 Å². The number of amides is 1. The fourth-order valence-electron chi connectivity index (χ4n) is 3.15. The summed E-state index contributed by atoms with van der Waals surface area (Å²) in [6, 6.07) is 2.97. The maximum absolute atomic E-state index is 14.1. The van der Waals surface area contributed by atoms with E-state index in [9.17, 15) is 31.9 Å². The smallest absolute Gasteiger partial charge is 0.373 e. The van der Waals surface area contributed by atoms with E-state index >= 15 is 0 Å². The van der Waals surface area contributed by atoms with Crippen molar-refractivity contribution in [2.45, 2.75) is 38.1 Å². The van der Waals surface area contributed by atoms with Crippen LogP contribution in [0.25, 0.3) is 5.69 Å². The zero-order chi connectivity index (χ0) is 20.1. The fraction of sp³-hybridized carbons (Fsp3) is 0.412. The Morgan fingerprint density at radius 2 is 1.96 bits per heavy atom. The number of carbonyl (C=O) groups is 1. The molecule has 0 saturated carbocycles. The second-order valence-electron chi connectivity index (χ2n) is 6.72. The monoisotopic (exact) mass is 389 g/mol. The van der Waals surface area contributed by atoms with Gasteiger partial charge in [-0.3, -0.25) is 4.79 Å². The molecular weight excluding hydrogens is 373 g/mol. The SMILES string of the molecule is C[C@H]1CN(C(=O)C(C)(O)C(F)(F)F)Cc2cnn(-c3ccc(F)cc3F)c21. The number of rotatable bonds is 2. The van der Waals surface area contributed by atoms with Gasteiger partial charge in [-0.05, 0) is 19.1 Å². The van der Waals surface area contributed by atoms with Crippen molar-refractivity contribution in [2.24, 2.45) is 0 Å². The summed E-state index contributed by atoms with van der Waals surface area (Å²) in [6.45, 7) is 1.72. The predicted molar refractivity (Wildman–Crippen MR) is 84.0 cm³/mol. The summed E-state index contributed by atoms with van der Waals surface area (Å²) in [7, 11) is 0. The molecule has 1 N–H and O–H groups in total. The average Bonchev–Trinajstić information content (AvgIpc) is 2.97. The van der Waals surface area contributed by atoms with Crippen LogP contribution in [0, 0.1) is 11.6 Å². The first kappa shape index (κ1) is 19.3. The summed E-state index contributed by atoms with van der Waals surface area (Å²) < 4.78 is 67.3. The third-order valence-electron chi connectivity index (χ3n) is 4.60. The quantitative estimate of drug-likeness (QED) is 0.804. The second-order valence-corrected chi connectivity index (χ2v) is 6.72. The van der Waals surface area contributed by atoms with E-state index in [0.717, 1.165) is 11.0 Å². The molecule has 146 valence electrons. The predicted octanol–water partition coefficient (Wildman–Crippen LogP) is 2.91. The van der Waals surface area contributed by atoms with Crippen LogP contribution in [-0.2, 0) is 11.3 Å². The molecule has 5 nitrogen and oxygen atoms in total. The van der Waals surface area contributed by atoms with Gasteiger partial charge in [0, 0.05) is 30.6 Å². The van der Waals surface area contributed by atoms with Crippen molar-refractivity contribution >= 4 is 5.91 Å². The van der Waals surface area contributed by atoms with Gasteiger partial charge in [-0.15, -0.1) is 0 Å². The molecule has 0 bridgehead atoms. The van der Waals surface area contributed by atoms with E-state index < -0.39 is 35.2 Å². The molecule has 2 aromatic rings. The van der Waals surface area contributed by atoms with E-state index in [1.807, 2.05) is 0 Å². The minimum Gasteiger partial charge on any atom is -0.373 e. The van der Waals surface area contributed by atoms with Crippen molar-refractivity contribution in [3.63, 3.8) is 0 Å². The number of fused-ring (bicyclic) bond motifs is 1. The first-order chi connectivity index (χ1) is 12.4. The van der Waals surface area contributed by atoms with Crippen LogP contribution in [0.5, 0.6) is 0 Å². The van der Waals surface area contributed by atoms with Crippen LogP contribution in [-0.4, -0.2) is 44.0 Å². The second kappa shape index (κ2) is 6.29. The Morgan fingerprint density at radius 1 is 1.30 bits per heavy atom. The number of carbonyl (C=O) groups excluding carboxylic acids is 1. The Labute approximate surface area is 151 Å². The molecule has 1 unspecified atom stereocenters. The molecule has 0 radical (unpaired) electrons. The molecule has 10 heteroatoms. The highest BCUT2D eigenvalue weighted by atomic mass is 19.4. The Morgan fingerprint density at radius 3 is 2.56 bits per heavy atom. The lowest BCUT2D eigenvalue weighted by Gasteiger charge is -2.36. The molecule has 1 aliphatic rings. The van der Waals surface area contributed by atoms with Crippen molar-refractivity contribution in [3.05, 3.63) is 47.3 Å². The summed E-state index contributed by atoms with van der Waals surface area (Å²) in [5, 5.41) is 13.7. The number of aliphatic hydroxyl groups is 1. The van der Waals surface area contributed by atoms with Gasteiger partial charge in [-0.2, -0.15) is 18.3 Å². The average molecular weight is 389 g/mol. The van der Waals surface area contributed by atoms with E-state index in [1.54, 1.807) is 6.92 Å². The number of benzene rings is 1. The molecule has 0 aliphatic carbocycles. The van der Waals surface area contributed by atoms with Gasteiger partial charge in [0.1, 0.15) is 11.5 Å². The first-order valence-electron chi connectivity index (χ1n) is 8.04. The summed E-state index contributed by atoms with van der Waals surface area (Å²) >= 11 is 0. The molecule has 0 saturated heterocycles. The van der Waals surface area contributed by atoms with Crippen LogP contribution in [0.15, 0.2) is 24.4 Å². The molecular formula is C17H16F5N3O2. The molecule has 1 aromatic heterocycles. The molecule has 3 rings (SSSR count). The van der Waals surface area contributed by atoms with Crippen LogP contribution >= 0.6 is 0 Å². The summed E-state index contributed by atoms with van der Waals surface area (Å²) in [5.41, 5.74) is -2.59. The fourth-order valence-corrected chi connectivity index (χ4v) is 3.15. The van der Waals surface area contributed by atoms with Gasteiger partial charge in [0.2, 0.25) is 5.60 Å². The number of hydrogen-bond donors (Lipinski definition) is 1. The summed E-state index contributed by atoms with van der Waals surface area (Å²) in [6.07, 6.45) is -3.80. The number of alkyl halides is 3. The third-order valence-corrected chi connectivity index (χ3v) is 4.60. The first-order valence-corrected chi connectivity index (χ1v) is 8.04. The Kier molecular flexibility index (Phi) is 4.49. The van der Waals surface area contributed by atoms with Crippen LogP contribution in [0.4, 0.5) is 22.0 Å². The van der Waals surface area contributed by atoms with Gasteiger partial charge in [0.15, 0.2) is 5.82 Å². The van der Waals surface area contributed by atoms with Crippen molar-refractivity contribution < 1.29 is 31.9 Å². The normalized spacial score (nSPS) is 19.6. The zero-order valence-electron chi connectivity index (χ0n) is 14.4. The highest BCUT2D eigenvalue weighted by Gasteiger charge is 2.57. The van der Waals surface area contributed by atoms with Gasteiger partial charge < -0.3 is 10.0 Å². The molecule has 0 fully saturated rings. The number of nitrogens with zero attached hydrogens (tertiary/aromatic N) is 3. The lowest BCUT2D eigenvalue weighted by molar-refractivity contribution is -0.250. The molecule has 1 aliphatic heterocycles.